The van der Waals surface area contributed by atoms with Gasteiger partial charge in [-0.1, -0.05) is 31.2 Å². The lowest BCUT2D eigenvalue weighted by atomic mass is 9.96. The Morgan fingerprint density at radius 3 is 2.52 bits per heavy atom. The Bertz CT molecular complexity index is 628. The summed E-state index contributed by atoms with van der Waals surface area (Å²) in [5.74, 6) is -0.281. The molecule has 21 heavy (non-hydrogen) atoms. The first-order valence-electron chi connectivity index (χ1n) is 6.90. The fourth-order valence-corrected chi connectivity index (χ4v) is 2.35. The lowest BCUT2D eigenvalue weighted by Crippen LogP contribution is -2.24. The van der Waals surface area contributed by atoms with E-state index in [2.05, 4.69) is 5.32 Å². The fourth-order valence-electron chi connectivity index (χ4n) is 2.35. The second-order valence-electron chi connectivity index (χ2n) is 4.86. The van der Waals surface area contributed by atoms with Crippen molar-refractivity contribution in [3.05, 3.63) is 64.7 Å². The molecule has 1 N–H and O–H groups in total. The Morgan fingerprint density at radius 2 is 1.90 bits per heavy atom. The van der Waals surface area contributed by atoms with Crippen LogP contribution in [0.2, 0.25) is 0 Å². The molecule has 4 heteroatoms. The molecular formula is C17H19F2NO. The molecule has 0 aromatic heterocycles. The molecule has 0 heterocycles. The molecule has 0 aliphatic carbocycles. The summed E-state index contributed by atoms with van der Waals surface area (Å²) in [6, 6.07) is 9.25. The van der Waals surface area contributed by atoms with Crippen LogP contribution >= 0.6 is 0 Å². The average Bonchev–Trinajstić information content (AvgIpc) is 2.48. The molecule has 0 fully saturated rings. The summed E-state index contributed by atoms with van der Waals surface area (Å²) >= 11 is 0. The van der Waals surface area contributed by atoms with E-state index in [0.717, 1.165) is 0 Å². The fraction of sp³-hybridized carbons (Fsp3) is 0.294. The normalized spacial score (nSPS) is 12.2. The number of ether oxygens (including phenoxy) is 1. The highest BCUT2D eigenvalue weighted by molar-refractivity contribution is 5.38. The largest absolute Gasteiger partial charge is 0.497 e. The molecule has 1 atom stereocenters. The van der Waals surface area contributed by atoms with Gasteiger partial charge in [-0.3, -0.25) is 0 Å². The molecule has 0 saturated heterocycles. The van der Waals surface area contributed by atoms with E-state index in [9.17, 15) is 8.78 Å². The number of hydrogen-bond donors (Lipinski definition) is 1. The van der Waals surface area contributed by atoms with E-state index >= 15 is 0 Å². The maximum absolute atomic E-state index is 14.4. The van der Waals surface area contributed by atoms with Gasteiger partial charge in [0.2, 0.25) is 0 Å². The molecule has 2 aromatic rings. The van der Waals surface area contributed by atoms with Crippen molar-refractivity contribution in [1.29, 1.82) is 0 Å². The van der Waals surface area contributed by atoms with Crippen molar-refractivity contribution in [2.45, 2.75) is 19.9 Å². The zero-order valence-electron chi connectivity index (χ0n) is 12.4. The third kappa shape index (κ3) is 3.22. The van der Waals surface area contributed by atoms with Crippen LogP contribution in [0, 0.1) is 18.6 Å². The van der Waals surface area contributed by atoms with E-state index in [-0.39, 0.29) is 5.82 Å². The SMILES string of the molecule is CCNC(c1ccc(OC)cc1F)c1cccc(C)c1F. The first kappa shape index (κ1) is 15.4. The highest BCUT2D eigenvalue weighted by Gasteiger charge is 2.21. The van der Waals surface area contributed by atoms with E-state index in [1.807, 2.05) is 6.92 Å². The van der Waals surface area contributed by atoms with E-state index in [1.54, 1.807) is 37.3 Å². The molecule has 0 aliphatic heterocycles. The minimum Gasteiger partial charge on any atom is -0.497 e. The molecule has 1 unspecified atom stereocenters. The maximum Gasteiger partial charge on any atom is 0.132 e. The van der Waals surface area contributed by atoms with Crippen LogP contribution in [0.1, 0.15) is 29.7 Å². The first-order chi connectivity index (χ1) is 10.1. The third-order valence-electron chi connectivity index (χ3n) is 3.46. The van der Waals surface area contributed by atoms with Crippen molar-refractivity contribution in [1.82, 2.24) is 5.32 Å². The Labute approximate surface area is 123 Å². The Hall–Kier alpha value is -1.94. The van der Waals surface area contributed by atoms with Crippen molar-refractivity contribution in [3.8, 4) is 5.75 Å². The van der Waals surface area contributed by atoms with Gasteiger partial charge in [-0.05, 0) is 25.1 Å². The predicted molar refractivity (Wildman–Crippen MR) is 79.6 cm³/mol. The number of nitrogens with one attached hydrogen (secondary N) is 1. The summed E-state index contributed by atoms with van der Waals surface area (Å²) in [6.07, 6.45) is 0. The van der Waals surface area contributed by atoms with Crippen LogP contribution < -0.4 is 10.1 Å². The van der Waals surface area contributed by atoms with E-state index in [4.69, 9.17) is 4.74 Å². The average molecular weight is 291 g/mol. The van der Waals surface area contributed by atoms with E-state index in [1.165, 1.54) is 13.2 Å². The van der Waals surface area contributed by atoms with Crippen LogP contribution in [0.4, 0.5) is 8.78 Å². The number of methoxy groups -OCH3 is 1. The van der Waals surface area contributed by atoms with Crippen LogP contribution in [0.25, 0.3) is 0 Å². The lowest BCUT2D eigenvalue weighted by molar-refractivity contribution is 0.410. The number of benzene rings is 2. The molecule has 2 aromatic carbocycles. The van der Waals surface area contributed by atoms with Gasteiger partial charge in [0.05, 0.1) is 13.2 Å². The minimum atomic E-state index is -0.527. The Morgan fingerprint density at radius 1 is 1.14 bits per heavy atom. The summed E-state index contributed by atoms with van der Waals surface area (Å²) < 4.78 is 33.6. The number of hydrogen-bond acceptors (Lipinski definition) is 2. The summed E-state index contributed by atoms with van der Waals surface area (Å²) in [7, 11) is 1.48. The molecule has 112 valence electrons. The van der Waals surface area contributed by atoms with Crippen molar-refractivity contribution < 1.29 is 13.5 Å². The third-order valence-corrected chi connectivity index (χ3v) is 3.46. The highest BCUT2D eigenvalue weighted by Crippen LogP contribution is 2.29. The zero-order valence-corrected chi connectivity index (χ0v) is 12.4. The van der Waals surface area contributed by atoms with Gasteiger partial charge in [0.25, 0.3) is 0 Å². The van der Waals surface area contributed by atoms with Crippen LogP contribution in [0.3, 0.4) is 0 Å². The predicted octanol–water partition coefficient (Wildman–Crippen LogP) is 3.98. The molecule has 0 amide bonds. The molecule has 0 saturated carbocycles. The van der Waals surface area contributed by atoms with Gasteiger partial charge >= 0.3 is 0 Å². The van der Waals surface area contributed by atoms with Crippen LogP contribution in [0.15, 0.2) is 36.4 Å². The smallest absolute Gasteiger partial charge is 0.132 e. The summed E-state index contributed by atoms with van der Waals surface area (Å²) in [5, 5.41) is 3.14. The topological polar surface area (TPSA) is 21.3 Å². The first-order valence-corrected chi connectivity index (χ1v) is 6.90. The van der Waals surface area contributed by atoms with Crippen LogP contribution in [0.5, 0.6) is 5.75 Å². The molecule has 0 spiro atoms. The van der Waals surface area contributed by atoms with Gasteiger partial charge in [0, 0.05) is 17.2 Å². The molecular weight excluding hydrogens is 272 g/mol. The van der Waals surface area contributed by atoms with E-state index < -0.39 is 11.9 Å². The lowest BCUT2D eigenvalue weighted by Gasteiger charge is -2.21. The number of halogens is 2. The van der Waals surface area contributed by atoms with Gasteiger partial charge in [0.1, 0.15) is 17.4 Å². The van der Waals surface area contributed by atoms with Gasteiger partial charge in [-0.2, -0.15) is 0 Å². The number of aryl methyl sites for hydroxylation is 1. The summed E-state index contributed by atoms with van der Waals surface area (Å²) in [4.78, 5) is 0. The Balaban J connectivity index is 2.51. The summed E-state index contributed by atoms with van der Waals surface area (Å²) in [5.41, 5.74) is 1.40. The van der Waals surface area contributed by atoms with Crippen molar-refractivity contribution in [2.24, 2.45) is 0 Å². The molecule has 2 nitrogen and oxygen atoms in total. The molecule has 0 radical (unpaired) electrons. The van der Waals surface area contributed by atoms with Crippen molar-refractivity contribution in [3.63, 3.8) is 0 Å². The highest BCUT2D eigenvalue weighted by atomic mass is 19.1. The second-order valence-corrected chi connectivity index (χ2v) is 4.86. The van der Waals surface area contributed by atoms with Gasteiger partial charge in [0.15, 0.2) is 0 Å². The Kier molecular flexibility index (Phi) is 4.91. The maximum atomic E-state index is 14.4. The standard InChI is InChI=1S/C17H19F2NO/c1-4-20-17(14-7-5-6-11(2)16(14)19)13-9-8-12(21-3)10-15(13)18/h5-10,17,20H,4H2,1-3H3. The van der Waals surface area contributed by atoms with Crippen LogP contribution in [-0.4, -0.2) is 13.7 Å². The number of rotatable bonds is 5. The van der Waals surface area contributed by atoms with E-state index in [0.29, 0.717) is 29.0 Å². The quantitative estimate of drug-likeness (QED) is 0.899. The van der Waals surface area contributed by atoms with Crippen LogP contribution in [-0.2, 0) is 0 Å². The zero-order chi connectivity index (χ0) is 15.4. The second kappa shape index (κ2) is 6.68. The van der Waals surface area contributed by atoms with Gasteiger partial charge in [-0.25, -0.2) is 8.78 Å². The van der Waals surface area contributed by atoms with Crippen molar-refractivity contribution >= 4 is 0 Å². The van der Waals surface area contributed by atoms with Crippen molar-refractivity contribution in [2.75, 3.05) is 13.7 Å². The molecule has 0 aliphatic rings. The molecule has 2 rings (SSSR count). The molecule has 0 bridgehead atoms. The van der Waals surface area contributed by atoms with Gasteiger partial charge < -0.3 is 10.1 Å². The monoisotopic (exact) mass is 291 g/mol. The van der Waals surface area contributed by atoms with Gasteiger partial charge in [-0.15, -0.1) is 0 Å². The summed E-state index contributed by atoms with van der Waals surface area (Å²) in [6.45, 7) is 4.21. The minimum absolute atomic E-state index is 0.307.